The van der Waals surface area contributed by atoms with Crippen molar-refractivity contribution >= 4 is 59.1 Å². The lowest BCUT2D eigenvalue weighted by molar-refractivity contribution is -0.151. The molecule has 0 spiro atoms. The van der Waals surface area contributed by atoms with Gasteiger partial charge >= 0.3 is 0 Å². The lowest BCUT2D eigenvalue weighted by Gasteiger charge is -2.36. The number of hydrogen-bond donors (Lipinski definition) is 10. The second-order valence-electron chi connectivity index (χ2n) is 24.5. The topological polar surface area (TPSA) is 377 Å². The molecule has 0 aliphatic carbocycles. The Balaban J connectivity index is 1.93. The molecule has 15 N–H and O–H groups in total. The predicted molar refractivity (Wildman–Crippen MR) is 327 cm³/mol. The van der Waals surface area contributed by atoms with E-state index in [-0.39, 0.29) is 102 Å². The van der Waals surface area contributed by atoms with Gasteiger partial charge in [-0.3, -0.25) is 63.0 Å². The van der Waals surface area contributed by atoms with E-state index in [4.69, 9.17) is 29.0 Å². The van der Waals surface area contributed by atoms with Crippen molar-refractivity contribution < 1.29 is 47.9 Å². The summed E-state index contributed by atoms with van der Waals surface area (Å²) in [6, 6.07) is -4.42. The van der Waals surface area contributed by atoms with Gasteiger partial charge in [-0.25, -0.2) is 17.5 Å². The van der Waals surface area contributed by atoms with Gasteiger partial charge in [-0.2, -0.15) is 0 Å². The summed E-state index contributed by atoms with van der Waals surface area (Å²) < 4.78 is 0. The fourth-order valence-corrected chi connectivity index (χ4v) is 11.1. The molecule has 10 atom stereocenters. The van der Waals surface area contributed by atoms with Crippen molar-refractivity contribution in [1.29, 1.82) is 0 Å². The summed E-state index contributed by atoms with van der Waals surface area (Å²) in [7, 11) is 0. The van der Waals surface area contributed by atoms with Gasteiger partial charge in [0.15, 0.2) is 0 Å². The Labute approximate surface area is 507 Å². The SMILES string of the molecule is C=C/C=C\C=C(/C)C[C@H]1NC(=O)C(CC(C)C)NC(=O)[C@H](CCCN)N(N)C(=O)[C@H](C(C)C)NC(=O)[C@@H]2CCCN2C(=O)[C@@H](Cc2ccccc2)N(N)C(=O)[C@H](CC(C)C)NC(=O)[C@H](CCCN)N(N)C(=O)[C@H](C(C)C)NC(=O)[C@@H]2CCCN2C1=O. The summed E-state index contributed by atoms with van der Waals surface area (Å²) in [5.41, 5.74) is 13.2. The van der Waals surface area contributed by atoms with Crippen molar-refractivity contribution in [3.8, 4) is 0 Å². The van der Waals surface area contributed by atoms with E-state index in [9.17, 15) is 43.2 Å². The number of nitrogens with one attached hydrogen (secondary N) is 5. The van der Waals surface area contributed by atoms with Crippen molar-refractivity contribution in [3.63, 3.8) is 0 Å². The highest BCUT2D eigenvalue weighted by molar-refractivity contribution is 6.00. The molecule has 0 saturated carbocycles. The first kappa shape index (κ1) is 71.4. The molecule has 478 valence electrons. The normalized spacial score (nSPS) is 26.6. The Bertz CT molecular complexity index is 2580. The molecule has 1 aromatic rings. The summed E-state index contributed by atoms with van der Waals surface area (Å²) in [6.07, 6.45) is 8.07. The third kappa shape index (κ3) is 19.7. The Hall–Kier alpha value is -7.06. The van der Waals surface area contributed by atoms with Gasteiger partial charge in [-0.05, 0) is 120 Å². The summed E-state index contributed by atoms with van der Waals surface area (Å²) in [5, 5.41) is 16.3. The lowest BCUT2D eigenvalue weighted by Crippen LogP contribution is -2.65. The van der Waals surface area contributed by atoms with Crippen molar-refractivity contribution in [2.45, 2.75) is 200 Å². The van der Waals surface area contributed by atoms with E-state index >= 15 is 4.79 Å². The smallest absolute Gasteiger partial charge is 0.260 e. The zero-order valence-electron chi connectivity index (χ0n) is 52.0. The average molecular weight is 1200 g/mol. The van der Waals surface area contributed by atoms with Crippen LogP contribution in [0, 0.1) is 23.7 Å². The van der Waals surface area contributed by atoms with E-state index in [1.54, 1.807) is 89.3 Å². The second-order valence-corrected chi connectivity index (χ2v) is 24.5. The highest BCUT2D eigenvalue weighted by Crippen LogP contribution is 2.26. The fourth-order valence-electron chi connectivity index (χ4n) is 11.1. The Kier molecular flexibility index (Phi) is 28.5. The van der Waals surface area contributed by atoms with E-state index in [1.807, 2.05) is 27.7 Å². The number of nitrogens with two attached hydrogens (primary N) is 5. The Morgan fingerprint density at radius 1 is 0.547 bits per heavy atom. The van der Waals surface area contributed by atoms with Crippen LogP contribution in [0.4, 0.5) is 0 Å². The summed E-state index contributed by atoms with van der Waals surface area (Å²) in [4.78, 5) is 150. The minimum Gasteiger partial charge on any atom is -0.342 e. The van der Waals surface area contributed by atoms with E-state index < -0.39 is 131 Å². The molecule has 3 fully saturated rings. The molecular weight excluding hydrogens is 1100 g/mol. The van der Waals surface area contributed by atoms with Crippen LogP contribution in [0.2, 0.25) is 0 Å². The standard InChI is InChI=1S/C61H99N15O10/c1-11-12-14-21-40(10)34-44-57(82)72-30-19-26-45(72)53(78)70-50(38(6)7)61(86)75(65)48(25-18-29-63)56(81)69-43(33-37(4)5)58(83)76(66)49(35-41-22-15-13-16-23-41)59(84)73-31-20-27-46(73)54(79)71-51(39(8)9)60(85)74(64)47(24-17-28-62)55(80)67-42(32-36(2)3)52(77)68-44/h11-16,21-23,36-39,42-51H,1,17-20,24-35,62-66H2,2-10H3,(H,67,80)(H,68,77)(H,69,81)(H,70,78)(H,71,79)/b14-12-,40-21+/t42?,43-,44+,45-,46-,47-,48-,49+,50-,51-/m0/s1. The number of hydrogen-bond acceptors (Lipinski definition) is 15. The molecule has 1 unspecified atom stereocenters. The van der Waals surface area contributed by atoms with Crippen molar-refractivity contribution in [3.05, 3.63) is 72.4 Å². The Morgan fingerprint density at radius 3 is 1.44 bits per heavy atom. The summed E-state index contributed by atoms with van der Waals surface area (Å²) in [5.74, 6) is 10.8. The molecule has 1 aromatic carbocycles. The molecule has 0 aromatic heterocycles. The maximum atomic E-state index is 15.1. The third-order valence-electron chi connectivity index (χ3n) is 15.9. The van der Waals surface area contributed by atoms with E-state index in [1.165, 1.54) is 9.80 Å². The van der Waals surface area contributed by atoms with Crippen molar-refractivity contribution in [1.82, 2.24) is 51.4 Å². The van der Waals surface area contributed by atoms with Crippen LogP contribution in [0.15, 0.2) is 66.8 Å². The molecule has 0 bridgehead atoms. The minimum atomic E-state index is -1.44. The van der Waals surface area contributed by atoms with E-state index in [2.05, 4.69) is 33.2 Å². The molecule has 10 amide bonds. The van der Waals surface area contributed by atoms with Gasteiger partial charge in [0.25, 0.3) is 17.7 Å². The molecule has 25 heteroatoms. The largest absolute Gasteiger partial charge is 0.342 e. The van der Waals surface area contributed by atoms with Crippen molar-refractivity contribution in [2.24, 2.45) is 52.7 Å². The summed E-state index contributed by atoms with van der Waals surface area (Å²) in [6.45, 7) is 19.8. The fraction of sp³-hybridized carbons (Fsp3) is 0.639. The monoisotopic (exact) mass is 1200 g/mol. The van der Waals surface area contributed by atoms with Gasteiger partial charge in [-0.1, -0.05) is 122 Å². The maximum Gasteiger partial charge on any atom is 0.260 e. The van der Waals surface area contributed by atoms with Crippen LogP contribution in [0.1, 0.15) is 139 Å². The number of amides is 10. The van der Waals surface area contributed by atoms with Gasteiger partial charge in [0, 0.05) is 19.5 Å². The first-order valence-electron chi connectivity index (χ1n) is 30.4. The number of fused-ring (bicyclic) bond motifs is 2. The summed E-state index contributed by atoms with van der Waals surface area (Å²) >= 11 is 0. The van der Waals surface area contributed by atoms with Gasteiger partial charge in [0.2, 0.25) is 41.4 Å². The quantitative estimate of drug-likeness (QED) is 0.0553. The highest BCUT2D eigenvalue weighted by atomic mass is 16.2. The predicted octanol–water partition coefficient (Wildman–Crippen LogP) is 0.822. The van der Waals surface area contributed by atoms with Gasteiger partial charge in [0.1, 0.15) is 60.4 Å². The van der Waals surface area contributed by atoms with Gasteiger partial charge < -0.3 is 47.9 Å². The second kappa shape index (κ2) is 34.3. The van der Waals surface area contributed by atoms with Crippen LogP contribution >= 0.6 is 0 Å². The van der Waals surface area contributed by atoms with Crippen molar-refractivity contribution in [2.75, 3.05) is 26.2 Å². The lowest BCUT2D eigenvalue weighted by atomic mass is 9.98. The molecule has 86 heavy (non-hydrogen) atoms. The number of carbonyl (C=O) groups is 10. The number of rotatable bonds is 18. The molecule has 3 saturated heterocycles. The first-order chi connectivity index (χ1) is 40.7. The molecule has 3 heterocycles. The number of carbonyl (C=O) groups excluding carboxylic acids is 10. The minimum absolute atomic E-state index is 0.0193. The van der Waals surface area contributed by atoms with Crippen LogP contribution in [0.3, 0.4) is 0 Å². The Morgan fingerprint density at radius 2 is 0.988 bits per heavy atom. The zero-order chi connectivity index (χ0) is 64.1. The molecule has 0 radical (unpaired) electrons. The molecule has 3 aliphatic rings. The highest BCUT2D eigenvalue weighted by Gasteiger charge is 2.46. The van der Waals surface area contributed by atoms with Crippen LogP contribution in [-0.4, -0.2) is 170 Å². The first-order valence-corrected chi connectivity index (χ1v) is 30.4. The number of nitrogens with zero attached hydrogens (tertiary/aromatic N) is 5. The van der Waals surface area contributed by atoms with Gasteiger partial charge in [-0.15, -0.1) is 0 Å². The molecular formula is C61H99N15O10. The molecule has 4 rings (SSSR count). The third-order valence-corrected chi connectivity index (χ3v) is 15.9. The number of allylic oxidation sites excluding steroid dienone is 4. The number of benzene rings is 1. The van der Waals surface area contributed by atoms with Crippen LogP contribution in [0.5, 0.6) is 0 Å². The van der Waals surface area contributed by atoms with Gasteiger partial charge in [0.05, 0.1) is 0 Å². The number of hydrazine groups is 3. The van der Waals surface area contributed by atoms with E-state index in [0.29, 0.717) is 24.0 Å². The van der Waals surface area contributed by atoms with E-state index in [0.717, 1.165) is 15.0 Å². The van der Waals surface area contributed by atoms with Crippen LogP contribution in [-0.2, 0) is 54.4 Å². The maximum absolute atomic E-state index is 15.1. The molecule has 3 aliphatic heterocycles. The average Bonchev–Trinajstić information content (AvgIpc) is 3.84. The van der Waals surface area contributed by atoms with Crippen LogP contribution in [0.25, 0.3) is 0 Å². The molecule has 25 nitrogen and oxygen atoms in total. The van der Waals surface area contributed by atoms with Crippen LogP contribution < -0.4 is 55.6 Å². The zero-order valence-corrected chi connectivity index (χ0v) is 52.0.